The summed E-state index contributed by atoms with van der Waals surface area (Å²) in [7, 11) is -2.05. The van der Waals surface area contributed by atoms with Crippen molar-refractivity contribution in [2.45, 2.75) is 30.8 Å². The van der Waals surface area contributed by atoms with Crippen molar-refractivity contribution in [3.8, 4) is 5.75 Å². The van der Waals surface area contributed by atoms with Crippen LogP contribution in [0.2, 0.25) is 0 Å². The fourth-order valence-electron chi connectivity index (χ4n) is 2.49. The average Bonchev–Trinajstić information content (AvgIpc) is 2.45. The minimum atomic E-state index is -3.59. The van der Waals surface area contributed by atoms with Crippen LogP contribution >= 0.6 is 0 Å². The molecule has 0 saturated carbocycles. The molecule has 1 aliphatic rings. The molecule has 7 heteroatoms. The maximum absolute atomic E-state index is 12.9. The number of ether oxygens (including phenoxy) is 2. The maximum atomic E-state index is 12.9. The zero-order chi connectivity index (χ0) is 15.7. The summed E-state index contributed by atoms with van der Waals surface area (Å²) in [4.78, 5) is 0.235. The summed E-state index contributed by atoms with van der Waals surface area (Å²) in [5, 5.41) is 0. The fourth-order valence-corrected chi connectivity index (χ4v) is 4.30. The standard InChI is InChI=1S/C14H22N2O4S/c1-14(2)10-20-7-6-16(14)21(17,18)12-4-5-13(19-3)11(8-12)9-15/h4-5,8H,6-7,9-10,15H2,1-3H3. The first kappa shape index (κ1) is 16.2. The molecule has 0 aromatic heterocycles. The van der Waals surface area contributed by atoms with E-state index in [1.165, 1.54) is 11.4 Å². The Balaban J connectivity index is 2.44. The van der Waals surface area contributed by atoms with Crippen LogP contribution in [-0.2, 0) is 21.3 Å². The SMILES string of the molecule is COc1ccc(S(=O)(=O)N2CCOCC2(C)C)cc1CN. The van der Waals surface area contributed by atoms with E-state index in [0.717, 1.165) is 0 Å². The number of benzene rings is 1. The molecule has 1 aliphatic heterocycles. The molecule has 0 spiro atoms. The average molecular weight is 314 g/mol. The van der Waals surface area contributed by atoms with Gasteiger partial charge in [0.2, 0.25) is 10.0 Å². The number of sulfonamides is 1. The smallest absolute Gasteiger partial charge is 0.243 e. The number of methoxy groups -OCH3 is 1. The third-order valence-electron chi connectivity index (χ3n) is 3.63. The van der Waals surface area contributed by atoms with E-state index < -0.39 is 15.6 Å². The lowest BCUT2D eigenvalue weighted by atomic mass is 10.1. The molecule has 1 aromatic carbocycles. The number of rotatable bonds is 4. The Hall–Kier alpha value is -1.15. The van der Waals surface area contributed by atoms with E-state index in [2.05, 4.69) is 0 Å². The molecule has 1 saturated heterocycles. The summed E-state index contributed by atoms with van der Waals surface area (Å²) in [5.74, 6) is 0.595. The zero-order valence-electron chi connectivity index (χ0n) is 12.6. The zero-order valence-corrected chi connectivity index (χ0v) is 13.4. The Bertz CT molecular complexity index is 613. The van der Waals surface area contributed by atoms with Crippen LogP contribution in [0, 0.1) is 0 Å². The number of morpholine rings is 1. The molecule has 1 fully saturated rings. The lowest BCUT2D eigenvalue weighted by molar-refractivity contribution is -0.00771. The van der Waals surface area contributed by atoms with E-state index in [9.17, 15) is 8.42 Å². The van der Waals surface area contributed by atoms with Crippen molar-refractivity contribution in [2.24, 2.45) is 5.73 Å². The van der Waals surface area contributed by atoms with Gasteiger partial charge >= 0.3 is 0 Å². The Morgan fingerprint density at radius 1 is 1.43 bits per heavy atom. The molecule has 1 heterocycles. The van der Waals surface area contributed by atoms with Gasteiger partial charge < -0.3 is 15.2 Å². The van der Waals surface area contributed by atoms with E-state index in [4.69, 9.17) is 15.2 Å². The Morgan fingerprint density at radius 2 is 2.14 bits per heavy atom. The van der Waals surface area contributed by atoms with Crippen molar-refractivity contribution in [3.63, 3.8) is 0 Å². The minimum Gasteiger partial charge on any atom is -0.496 e. The van der Waals surface area contributed by atoms with Gasteiger partial charge in [-0.2, -0.15) is 4.31 Å². The van der Waals surface area contributed by atoms with Gasteiger partial charge in [0.1, 0.15) is 5.75 Å². The van der Waals surface area contributed by atoms with Gasteiger partial charge in [-0.05, 0) is 32.0 Å². The van der Waals surface area contributed by atoms with Crippen LogP contribution in [0.3, 0.4) is 0 Å². The number of nitrogens with two attached hydrogens (primary N) is 1. The molecular weight excluding hydrogens is 292 g/mol. The first-order valence-corrected chi connectivity index (χ1v) is 8.24. The molecule has 118 valence electrons. The summed E-state index contributed by atoms with van der Waals surface area (Å²) in [6.07, 6.45) is 0. The van der Waals surface area contributed by atoms with Crippen molar-refractivity contribution in [2.75, 3.05) is 26.9 Å². The normalized spacial score (nSPS) is 19.4. The third kappa shape index (κ3) is 3.06. The molecule has 0 unspecified atom stereocenters. The molecule has 6 nitrogen and oxygen atoms in total. The molecule has 0 atom stereocenters. The molecule has 21 heavy (non-hydrogen) atoms. The largest absolute Gasteiger partial charge is 0.496 e. The first-order chi connectivity index (χ1) is 9.82. The monoisotopic (exact) mass is 314 g/mol. The molecule has 0 amide bonds. The van der Waals surface area contributed by atoms with Crippen LogP contribution in [0.4, 0.5) is 0 Å². The summed E-state index contributed by atoms with van der Waals surface area (Å²) in [6, 6.07) is 4.78. The lowest BCUT2D eigenvalue weighted by Crippen LogP contribution is -2.55. The van der Waals surface area contributed by atoms with Gasteiger partial charge in [-0.1, -0.05) is 0 Å². The number of hydrogen-bond acceptors (Lipinski definition) is 5. The maximum Gasteiger partial charge on any atom is 0.243 e. The Labute approximate surface area is 125 Å². The fraction of sp³-hybridized carbons (Fsp3) is 0.571. The molecule has 0 bridgehead atoms. The van der Waals surface area contributed by atoms with E-state index in [1.807, 2.05) is 13.8 Å². The van der Waals surface area contributed by atoms with Gasteiger partial charge in [-0.3, -0.25) is 0 Å². The van der Waals surface area contributed by atoms with Crippen LogP contribution in [0.5, 0.6) is 5.75 Å². The van der Waals surface area contributed by atoms with Crippen molar-refractivity contribution in [3.05, 3.63) is 23.8 Å². The second kappa shape index (κ2) is 5.92. The summed E-state index contributed by atoms with van der Waals surface area (Å²) in [6.45, 7) is 5.07. The minimum absolute atomic E-state index is 0.221. The quantitative estimate of drug-likeness (QED) is 0.895. The Morgan fingerprint density at radius 3 is 2.71 bits per heavy atom. The van der Waals surface area contributed by atoms with Gasteiger partial charge in [0.15, 0.2) is 0 Å². The first-order valence-electron chi connectivity index (χ1n) is 6.80. The third-order valence-corrected chi connectivity index (χ3v) is 5.74. The van der Waals surface area contributed by atoms with Gasteiger partial charge in [0.25, 0.3) is 0 Å². The van der Waals surface area contributed by atoms with E-state index in [0.29, 0.717) is 31.1 Å². The van der Waals surface area contributed by atoms with Crippen molar-refractivity contribution in [1.29, 1.82) is 0 Å². The van der Waals surface area contributed by atoms with E-state index >= 15 is 0 Å². The van der Waals surface area contributed by atoms with Crippen LogP contribution in [0.25, 0.3) is 0 Å². The van der Waals surface area contributed by atoms with Crippen LogP contribution in [0.15, 0.2) is 23.1 Å². The van der Waals surface area contributed by atoms with E-state index in [-0.39, 0.29) is 11.4 Å². The Kier molecular flexibility index (Phi) is 4.57. The van der Waals surface area contributed by atoms with Crippen molar-refractivity contribution < 1.29 is 17.9 Å². The highest BCUT2D eigenvalue weighted by Gasteiger charge is 2.39. The lowest BCUT2D eigenvalue weighted by Gasteiger charge is -2.40. The van der Waals surface area contributed by atoms with Gasteiger partial charge in [0.05, 0.1) is 30.8 Å². The second-order valence-electron chi connectivity index (χ2n) is 5.62. The van der Waals surface area contributed by atoms with Gasteiger partial charge in [-0.15, -0.1) is 0 Å². The molecule has 0 aliphatic carbocycles. The molecular formula is C14H22N2O4S. The summed E-state index contributed by atoms with van der Waals surface area (Å²) < 4.78 is 37.8. The van der Waals surface area contributed by atoms with Gasteiger partial charge in [0, 0.05) is 18.7 Å². The van der Waals surface area contributed by atoms with Crippen LogP contribution < -0.4 is 10.5 Å². The second-order valence-corrected chi connectivity index (χ2v) is 7.48. The highest BCUT2D eigenvalue weighted by Crippen LogP contribution is 2.29. The topological polar surface area (TPSA) is 81.9 Å². The summed E-state index contributed by atoms with van der Waals surface area (Å²) in [5.41, 5.74) is 5.76. The molecule has 2 rings (SSSR count). The molecule has 0 radical (unpaired) electrons. The van der Waals surface area contributed by atoms with Crippen molar-refractivity contribution >= 4 is 10.0 Å². The van der Waals surface area contributed by atoms with Crippen molar-refractivity contribution in [1.82, 2.24) is 4.31 Å². The molecule has 2 N–H and O–H groups in total. The molecule has 1 aromatic rings. The summed E-state index contributed by atoms with van der Waals surface area (Å²) >= 11 is 0. The number of hydrogen-bond donors (Lipinski definition) is 1. The van der Waals surface area contributed by atoms with Crippen LogP contribution in [-0.4, -0.2) is 45.1 Å². The predicted molar refractivity (Wildman–Crippen MR) is 79.7 cm³/mol. The predicted octanol–water partition coefficient (Wildman–Crippen LogP) is 0.953. The van der Waals surface area contributed by atoms with Gasteiger partial charge in [-0.25, -0.2) is 8.42 Å². The highest BCUT2D eigenvalue weighted by molar-refractivity contribution is 7.89. The highest BCUT2D eigenvalue weighted by atomic mass is 32.2. The number of nitrogens with zero attached hydrogens (tertiary/aromatic N) is 1. The van der Waals surface area contributed by atoms with E-state index in [1.54, 1.807) is 18.2 Å². The van der Waals surface area contributed by atoms with Crippen LogP contribution in [0.1, 0.15) is 19.4 Å².